The van der Waals surface area contributed by atoms with E-state index in [2.05, 4.69) is 130 Å². The van der Waals surface area contributed by atoms with E-state index in [0.29, 0.717) is 0 Å². The Morgan fingerprint density at radius 1 is 0.853 bits per heavy atom. The Hall–Kier alpha value is -2.74. The summed E-state index contributed by atoms with van der Waals surface area (Å²) in [5.74, 6) is 0. The molecule has 0 radical (unpaired) electrons. The molecule has 2 aliphatic rings. The largest absolute Gasteiger partial charge is 0.347 e. The number of allylic oxidation sites excluding steroid dienone is 6. The van der Waals surface area contributed by atoms with Crippen LogP contribution in [-0.2, 0) is 10.8 Å². The molecule has 2 heterocycles. The van der Waals surface area contributed by atoms with Crippen molar-refractivity contribution in [2.24, 2.45) is 0 Å². The maximum Gasteiger partial charge on any atom is 0.209 e. The highest BCUT2D eigenvalue weighted by molar-refractivity contribution is 6.03. The number of hydrogen-bond donors (Lipinski definition) is 1. The van der Waals surface area contributed by atoms with Crippen molar-refractivity contribution in [1.82, 2.24) is 0 Å². The molecule has 0 aromatic heterocycles. The fourth-order valence-corrected chi connectivity index (χ4v) is 4.96. The molecule has 6 nitrogen and oxygen atoms in total. The summed E-state index contributed by atoms with van der Waals surface area (Å²) in [4.78, 5) is 2.31. The van der Waals surface area contributed by atoms with Crippen LogP contribution in [0.1, 0.15) is 38.8 Å². The second-order valence-corrected chi connectivity index (χ2v) is 10.3. The van der Waals surface area contributed by atoms with Crippen LogP contribution in [0.5, 0.6) is 0 Å². The van der Waals surface area contributed by atoms with Crippen LogP contribution >= 0.6 is 0 Å². The van der Waals surface area contributed by atoms with E-state index in [9.17, 15) is 0 Å². The van der Waals surface area contributed by atoms with Gasteiger partial charge in [0, 0.05) is 41.6 Å². The van der Waals surface area contributed by atoms with Crippen molar-refractivity contribution in [1.29, 1.82) is 0 Å². The van der Waals surface area contributed by atoms with Crippen molar-refractivity contribution in [2.75, 3.05) is 19.0 Å². The minimum atomic E-state index is -4.69. The van der Waals surface area contributed by atoms with Gasteiger partial charge in [0.2, 0.25) is 5.69 Å². The molecule has 4 rings (SSSR count). The number of halogens is 1. The molecule has 7 heteroatoms. The smallest absolute Gasteiger partial charge is 0.209 e. The number of anilines is 1. The quantitative estimate of drug-likeness (QED) is 0.532. The number of hydrogen-bond acceptors (Lipinski definition) is 5. The van der Waals surface area contributed by atoms with Crippen molar-refractivity contribution in [3.05, 3.63) is 95.7 Å². The van der Waals surface area contributed by atoms with E-state index in [1.165, 1.54) is 33.9 Å². The molecule has 1 N–H and O–H groups in total. The standard InChI is InChI=1S/C27H31N2.ClHO4/c1-26(2)20-14-10-12-16-22(20)28(5)24(26)18-8-7-9-19-25-27(3,4)21-15-11-13-17-23(21)29(25)6;2-1(3,4)5/h7-19H,1-6H3;(H,2,3,4,5)/q+1;. The van der Waals surface area contributed by atoms with Crippen LogP contribution in [-0.4, -0.2) is 29.0 Å². The van der Waals surface area contributed by atoms with Crippen LogP contribution in [0.3, 0.4) is 0 Å². The maximum absolute atomic E-state index is 8.60. The molecule has 2 aliphatic heterocycles. The van der Waals surface area contributed by atoms with E-state index in [1.807, 2.05) is 0 Å². The maximum atomic E-state index is 8.60. The van der Waals surface area contributed by atoms with E-state index >= 15 is 0 Å². The highest BCUT2D eigenvalue weighted by Gasteiger charge is 2.42. The highest BCUT2D eigenvalue weighted by Crippen LogP contribution is 2.46. The minimum absolute atomic E-state index is 0.0173. The molecule has 0 saturated heterocycles. The van der Waals surface area contributed by atoms with Crippen LogP contribution in [0.4, 0.5) is 11.4 Å². The van der Waals surface area contributed by atoms with Crippen molar-refractivity contribution in [3.63, 3.8) is 0 Å². The van der Waals surface area contributed by atoms with Crippen molar-refractivity contribution < 1.29 is 33.5 Å². The van der Waals surface area contributed by atoms with E-state index in [-0.39, 0.29) is 10.8 Å². The van der Waals surface area contributed by atoms with Gasteiger partial charge in [0.1, 0.15) is 7.05 Å². The SMILES string of the molecule is CN1/C(=C/C=C/C=C/C2=[N+](C)c3ccccc3C2(C)C)C(C)(C)c2ccccc21.[O-][Cl+3]([O-])([O-])O. The van der Waals surface area contributed by atoms with Crippen molar-refractivity contribution in [2.45, 2.75) is 38.5 Å². The van der Waals surface area contributed by atoms with Crippen LogP contribution < -0.4 is 18.9 Å². The Balaban J connectivity index is 0.000000588. The van der Waals surface area contributed by atoms with Gasteiger partial charge in [0.25, 0.3) is 0 Å². The lowest BCUT2D eigenvalue weighted by atomic mass is 9.81. The Morgan fingerprint density at radius 2 is 1.41 bits per heavy atom. The third-order valence-electron chi connectivity index (χ3n) is 6.61. The Bertz CT molecular complexity index is 1180. The Labute approximate surface area is 203 Å². The zero-order valence-electron chi connectivity index (χ0n) is 20.4. The summed E-state index contributed by atoms with van der Waals surface area (Å²) in [7, 11) is -0.377. The molecule has 0 unspecified atom stereocenters. The lowest BCUT2D eigenvalue weighted by Crippen LogP contribution is -2.58. The molecule has 0 atom stereocenters. The van der Waals surface area contributed by atoms with Gasteiger partial charge in [-0.05, 0) is 31.6 Å². The summed E-state index contributed by atoms with van der Waals surface area (Å²) < 4.78 is 35.0. The number of nitrogens with zero attached hydrogens (tertiary/aromatic N) is 2. The topological polar surface area (TPSA) is 95.7 Å². The molecule has 2 aromatic carbocycles. The molecule has 0 aliphatic carbocycles. The zero-order valence-corrected chi connectivity index (χ0v) is 21.2. The second kappa shape index (κ2) is 9.49. The first-order valence-corrected chi connectivity index (χ1v) is 12.3. The van der Waals surface area contributed by atoms with Crippen molar-refractivity contribution >= 4 is 17.1 Å². The van der Waals surface area contributed by atoms with Gasteiger partial charge in [-0.15, -0.1) is 0 Å². The van der Waals surface area contributed by atoms with E-state index in [1.54, 1.807) is 0 Å². The third kappa shape index (κ3) is 5.17. The van der Waals surface area contributed by atoms with Gasteiger partial charge in [-0.1, -0.05) is 68.5 Å². The molecule has 0 saturated carbocycles. The van der Waals surface area contributed by atoms with E-state index in [4.69, 9.17) is 18.6 Å². The summed E-state index contributed by atoms with van der Waals surface area (Å²) in [6, 6.07) is 17.4. The molecule has 2 aromatic rings. The molecule has 34 heavy (non-hydrogen) atoms. The first-order chi connectivity index (χ1) is 15.8. The van der Waals surface area contributed by atoms with Gasteiger partial charge in [-0.3, -0.25) is 0 Å². The number of benzene rings is 2. The molecule has 0 spiro atoms. The normalized spacial score (nSPS) is 19.6. The first kappa shape index (κ1) is 25.9. The fraction of sp³-hybridized carbons (Fsp3) is 0.296. The average molecular weight is 484 g/mol. The van der Waals surface area contributed by atoms with Gasteiger partial charge < -0.3 is 4.90 Å². The van der Waals surface area contributed by atoms with Crippen LogP contribution in [0.15, 0.2) is 84.6 Å². The fourth-order valence-electron chi connectivity index (χ4n) is 4.96. The minimum Gasteiger partial charge on any atom is -0.347 e. The van der Waals surface area contributed by atoms with Gasteiger partial charge >= 0.3 is 0 Å². The van der Waals surface area contributed by atoms with Crippen LogP contribution in [0.2, 0.25) is 0 Å². The van der Waals surface area contributed by atoms with Crippen molar-refractivity contribution in [3.8, 4) is 0 Å². The van der Waals surface area contributed by atoms with Crippen LogP contribution in [0.25, 0.3) is 0 Å². The molecule has 0 bridgehead atoms. The second-order valence-electron chi connectivity index (χ2n) is 9.48. The number of likely N-dealkylation sites (N-methyl/N-ethyl adjacent to an activating group) is 1. The van der Waals surface area contributed by atoms with Gasteiger partial charge in [0.15, 0.2) is 5.71 Å². The summed E-state index contributed by atoms with van der Waals surface area (Å²) in [6.45, 7) is 9.20. The molecule has 0 amide bonds. The van der Waals surface area contributed by atoms with Gasteiger partial charge in [-0.2, -0.15) is 18.6 Å². The van der Waals surface area contributed by atoms with Crippen LogP contribution in [0, 0.1) is 10.2 Å². The summed E-state index contributed by atoms with van der Waals surface area (Å²) in [5, 5.41) is 0. The monoisotopic (exact) mass is 483 g/mol. The average Bonchev–Trinajstić information content (AvgIpc) is 3.06. The number of fused-ring (bicyclic) bond motifs is 2. The highest BCUT2D eigenvalue weighted by atomic mass is 35.7. The predicted octanol–water partition coefficient (Wildman–Crippen LogP) is 1.99. The first-order valence-electron chi connectivity index (χ1n) is 11.0. The lowest BCUT2D eigenvalue weighted by Gasteiger charge is -2.23. The molecule has 180 valence electrons. The summed E-state index contributed by atoms with van der Waals surface area (Å²) in [5.41, 5.74) is 8.06. The number of para-hydroxylation sites is 2. The molecule has 0 fully saturated rings. The number of rotatable bonds is 3. The van der Waals surface area contributed by atoms with Gasteiger partial charge in [-0.25, -0.2) is 0 Å². The van der Waals surface area contributed by atoms with E-state index in [0.717, 1.165) is 0 Å². The molecular weight excluding hydrogens is 452 g/mol. The summed E-state index contributed by atoms with van der Waals surface area (Å²) >= 11 is 0. The zero-order chi connectivity index (χ0) is 25.3. The third-order valence-corrected chi connectivity index (χ3v) is 6.61. The molecular formula is C27H32ClN2O4+. The Kier molecular flexibility index (Phi) is 7.22. The van der Waals surface area contributed by atoms with Gasteiger partial charge in [0.05, 0.1) is 20.3 Å². The predicted molar refractivity (Wildman–Crippen MR) is 127 cm³/mol. The lowest BCUT2D eigenvalue weighted by molar-refractivity contribution is -1.92. The van der Waals surface area contributed by atoms with E-state index < -0.39 is 10.2 Å². The Morgan fingerprint density at radius 3 is 2.00 bits per heavy atom. The summed E-state index contributed by atoms with van der Waals surface area (Å²) in [6.07, 6.45) is 10.9.